The van der Waals surface area contributed by atoms with Crippen molar-refractivity contribution >= 4 is 23.1 Å². The number of carbonyl (C=O) groups excluding carboxylic acids is 2. The topological polar surface area (TPSA) is 80.3 Å². The smallest absolute Gasteiger partial charge is 0.347 e. The third kappa shape index (κ3) is 2.87. The summed E-state index contributed by atoms with van der Waals surface area (Å²) in [6.45, 7) is 0.883. The van der Waals surface area contributed by atoms with E-state index in [1.165, 1.54) is 14.2 Å². The van der Waals surface area contributed by atoms with Gasteiger partial charge in [0.05, 0.1) is 25.4 Å². The lowest BCUT2D eigenvalue weighted by Crippen LogP contribution is -2.15. The highest BCUT2D eigenvalue weighted by molar-refractivity contribution is 6.44. The van der Waals surface area contributed by atoms with Gasteiger partial charge >= 0.3 is 11.9 Å². The van der Waals surface area contributed by atoms with Crippen LogP contribution in [0.2, 0.25) is 0 Å². The van der Waals surface area contributed by atoms with Gasteiger partial charge in [0.15, 0.2) is 23.0 Å². The predicted molar refractivity (Wildman–Crippen MR) is 94.9 cm³/mol. The molecule has 0 saturated carbocycles. The maximum atomic E-state index is 12.4. The molecule has 0 saturated heterocycles. The number of ether oxygens (including phenoxy) is 5. The van der Waals surface area contributed by atoms with Crippen LogP contribution in [0.3, 0.4) is 0 Å². The monoisotopic (exact) mass is 368 g/mol. The Labute approximate surface area is 155 Å². The molecule has 0 amide bonds. The Morgan fingerprint density at radius 2 is 1.33 bits per heavy atom. The van der Waals surface area contributed by atoms with Crippen LogP contribution >= 0.6 is 0 Å². The number of esters is 2. The van der Waals surface area contributed by atoms with Crippen LogP contribution in [0.5, 0.6) is 23.0 Å². The zero-order valence-electron chi connectivity index (χ0n) is 14.7. The van der Waals surface area contributed by atoms with E-state index in [-0.39, 0.29) is 11.1 Å². The number of fused-ring (bicyclic) bond motifs is 1. The molecule has 27 heavy (non-hydrogen) atoms. The Morgan fingerprint density at radius 3 is 2.00 bits per heavy atom. The third-order valence-electron chi connectivity index (χ3n) is 4.35. The highest BCUT2D eigenvalue weighted by Gasteiger charge is 2.35. The molecule has 0 fully saturated rings. The van der Waals surface area contributed by atoms with Gasteiger partial charge in [0.25, 0.3) is 0 Å². The van der Waals surface area contributed by atoms with Gasteiger partial charge in [-0.05, 0) is 35.4 Å². The van der Waals surface area contributed by atoms with Crippen LogP contribution in [0.4, 0.5) is 0 Å². The van der Waals surface area contributed by atoms with Crippen molar-refractivity contribution in [2.45, 2.75) is 0 Å². The van der Waals surface area contributed by atoms with Gasteiger partial charge in [-0.25, -0.2) is 9.59 Å². The summed E-state index contributed by atoms with van der Waals surface area (Å²) in [5, 5.41) is 0. The Hall–Kier alpha value is -3.48. The van der Waals surface area contributed by atoms with Gasteiger partial charge in [0.1, 0.15) is 13.2 Å². The van der Waals surface area contributed by atoms with Gasteiger partial charge in [-0.3, -0.25) is 0 Å². The SMILES string of the molecule is COc1ccc(C2=C(c3ccc4c(c3)OCCO4)C(=O)OC2=O)cc1OC. The normalized spacial score (nSPS) is 15.6. The number of methoxy groups -OCH3 is 2. The molecule has 0 unspecified atom stereocenters. The average molecular weight is 368 g/mol. The van der Waals surface area contributed by atoms with E-state index >= 15 is 0 Å². The van der Waals surface area contributed by atoms with Crippen molar-refractivity contribution in [2.75, 3.05) is 27.4 Å². The van der Waals surface area contributed by atoms with E-state index in [4.69, 9.17) is 23.7 Å². The summed E-state index contributed by atoms with van der Waals surface area (Å²) in [5.41, 5.74) is 1.34. The Balaban J connectivity index is 1.87. The minimum atomic E-state index is -0.711. The molecule has 0 aromatic heterocycles. The molecule has 7 heteroatoms. The molecular formula is C20H16O7. The van der Waals surface area contributed by atoms with Crippen molar-refractivity contribution < 1.29 is 33.3 Å². The first-order valence-electron chi connectivity index (χ1n) is 8.25. The highest BCUT2D eigenvalue weighted by atomic mass is 16.6. The van der Waals surface area contributed by atoms with Crippen molar-refractivity contribution in [3.8, 4) is 23.0 Å². The van der Waals surface area contributed by atoms with Crippen molar-refractivity contribution in [2.24, 2.45) is 0 Å². The van der Waals surface area contributed by atoms with Gasteiger partial charge < -0.3 is 23.7 Å². The predicted octanol–water partition coefficient (Wildman–Crippen LogP) is 2.47. The molecule has 0 N–H and O–H groups in total. The molecule has 138 valence electrons. The first-order valence-corrected chi connectivity index (χ1v) is 8.25. The molecule has 2 heterocycles. The maximum absolute atomic E-state index is 12.4. The number of hydrogen-bond acceptors (Lipinski definition) is 7. The fourth-order valence-corrected chi connectivity index (χ4v) is 3.11. The molecule has 2 aromatic carbocycles. The van der Waals surface area contributed by atoms with Gasteiger partial charge in [-0.2, -0.15) is 0 Å². The van der Waals surface area contributed by atoms with Crippen LogP contribution in [0.1, 0.15) is 11.1 Å². The molecule has 4 rings (SSSR count). The Morgan fingerprint density at radius 1 is 0.741 bits per heavy atom. The maximum Gasteiger partial charge on any atom is 0.347 e. The number of hydrogen-bond donors (Lipinski definition) is 0. The fraction of sp³-hybridized carbons (Fsp3) is 0.200. The van der Waals surface area contributed by atoms with Crippen LogP contribution in [0, 0.1) is 0 Å². The van der Waals surface area contributed by atoms with Crippen molar-refractivity contribution in [3.63, 3.8) is 0 Å². The summed E-state index contributed by atoms with van der Waals surface area (Å²) in [6, 6.07) is 10.0. The summed E-state index contributed by atoms with van der Waals surface area (Å²) >= 11 is 0. The van der Waals surface area contributed by atoms with Crippen LogP contribution in [-0.2, 0) is 14.3 Å². The van der Waals surface area contributed by atoms with Crippen LogP contribution < -0.4 is 18.9 Å². The molecule has 2 aliphatic heterocycles. The van der Waals surface area contributed by atoms with Gasteiger partial charge in [0.2, 0.25) is 0 Å². The molecule has 0 bridgehead atoms. The summed E-state index contributed by atoms with van der Waals surface area (Å²) < 4.78 is 26.5. The average Bonchev–Trinajstić information content (AvgIpc) is 3.00. The van der Waals surface area contributed by atoms with E-state index in [1.807, 2.05) is 0 Å². The second-order valence-electron chi connectivity index (χ2n) is 5.86. The van der Waals surface area contributed by atoms with E-state index in [1.54, 1.807) is 36.4 Å². The van der Waals surface area contributed by atoms with Gasteiger partial charge in [0, 0.05) is 0 Å². The van der Waals surface area contributed by atoms with E-state index < -0.39 is 11.9 Å². The molecule has 0 spiro atoms. The minimum Gasteiger partial charge on any atom is -0.493 e. The molecule has 0 atom stereocenters. The van der Waals surface area contributed by atoms with E-state index in [2.05, 4.69) is 0 Å². The lowest BCUT2D eigenvalue weighted by molar-refractivity contribution is -0.149. The van der Waals surface area contributed by atoms with Crippen LogP contribution in [-0.4, -0.2) is 39.4 Å². The van der Waals surface area contributed by atoms with Gasteiger partial charge in [-0.1, -0.05) is 12.1 Å². The van der Waals surface area contributed by atoms with Crippen molar-refractivity contribution in [3.05, 3.63) is 47.5 Å². The second kappa shape index (κ2) is 6.68. The molecule has 7 nitrogen and oxygen atoms in total. The van der Waals surface area contributed by atoms with Crippen molar-refractivity contribution in [1.29, 1.82) is 0 Å². The zero-order valence-corrected chi connectivity index (χ0v) is 14.7. The third-order valence-corrected chi connectivity index (χ3v) is 4.35. The molecular weight excluding hydrogens is 352 g/mol. The number of benzene rings is 2. The largest absolute Gasteiger partial charge is 0.493 e. The molecule has 0 aliphatic carbocycles. The van der Waals surface area contributed by atoms with E-state index in [0.717, 1.165) is 0 Å². The summed E-state index contributed by atoms with van der Waals surface area (Å²) in [7, 11) is 3.01. The first kappa shape index (κ1) is 17.0. The highest BCUT2D eigenvalue weighted by Crippen LogP contribution is 2.40. The Kier molecular flexibility index (Phi) is 4.19. The lowest BCUT2D eigenvalue weighted by atomic mass is 9.95. The van der Waals surface area contributed by atoms with Crippen LogP contribution in [0.15, 0.2) is 36.4 Å². The van der Waals surface area contributed by atoms with E-state index in [9.17, 15) is 9.59 Å². The molecule has 0 radical (unpaired) electrons. The second-order valence-corrected chi connectivity index (χ2v) is 5.86. The number of cyclic esters (lactones) is 2. The number of rotatable bonds is 4. The summed E-state index contributed by atoms with van der Waals surface area (Å²) in [6.07, 6.45) is 0. The van der Waals surface area contributed by atoms with Crippen LogP contribution in [0.25, 0.3) is 11.1 Å². The number of carbonyl (C=O) groups is 2. The first-order chi connectivity index (χ1) is 13.1. The van der Waals surface area contributed by atoms with E-state index in [0.29, 0.717) is 47.3 Å². The Bertz CT molecular complexity index is 915. The van der Waals surface area contributed by atoms with Gasteiger partial charge in [-0.15, -0.1) is 0 Å². The standard InChI is InChI=1S/C20H16O7/c1-23-13-5-3-11(9-15(13)24-2)17-18(20(22)27-19(17)21)12-4-6-14-16(10-12)26-8-7-25-14/h3-6,9-10H,7-8H2,1-2H3. The molecule has 2 aliphatic rings. The quantitative estimate of drug-likeness (QED) is 0.606. The minimum absolute atomic E-state index is 0.164. The zero-order chi connectivity index (χ0) is 19.0. The lowest BCUT2D eigenvalue weighted by Gasteiger charge is -2.19. The molecule has 2 aromatic rings. The van der Waals surface area contributed by atoms with Crippen molar-refractivity contribution in [1.82, 2.24) is 0 Å². The fourth-order valence-electron chi connectivity index (χ4n) is 3.11. The summed E-state index contributed by atoms with van der Waals surface area (Å²) in [5.74, 6) is 0.649. The summed E-state index contributed by atoms with van der Waals surface area (Å²) in [4.78, 5) is 24.8.